The Morgan fingerprint density at radius 3 is 2.84 bits per heavy atom. The SMILES string of the molecule is Cn1ccnc1-c1noc(C(N)C2CCCCC2)n1. The van der Waals surface area contributed by atoms with Gasteiger partial charge >= 0.3 is 0 Å². The standard InChI is InChI=1S/C13H19N5O/c1-18-8-7-15-12(18)11-16-13(19-17-11)10(14)9-5-3-2-4-6-9/h7-10H,2-6,14H2,1H3. The first kappa shape index (κ1) is 12.3. The molecule has 3 rings (SSSR count). The second kappa shape index (κ2) is 5.13. The van der Waals surface area contributed by atoms with Gasteiger partial charge < -0.3 is 14.8 Å². The van der Waals surface area contributed by atoms with Crippen LogP contribution in [0.2, 0.25) is 0 Å². The van der Waals surface area contributed by atoms with Gasteiger partial charge in [-0.25, -0.2) is 4.98 Å². The van der Waals surface area contributed by atoms with Crippen LogP contribution in [0.1, 0.15) is 44.0 Å². The molecule has 0 amide bonds. The molecule has 102 valence electrons. The fourth-order valence-electron chi connectivity index (χ4n) is 2.74. The van der Waals surface area contributed by atoms with Gasteiger partial charge in [-0.3, -0.25) is 0 Å². The van der Waals surface area contributed by atoms with Crippen LogP contribution in [0.5, 0.6) is 0 Å². The second-order valence-corrected chi connectivity index (χ2v) is 5.24. The predicted molar refractivity (Wildman–Crippen MR) is 70.0 cm³/mol. The van der Waals surface area contributed by atoms with Gasteiger partial charge in [-0.05, 0) is 18.8 Å². The third-order valence-electron chi connectivity index (χ3n) is 3.91. The van der Waals surface area contributed by atoms with Gasteiger partial charge in [-0.15, -0.1) is 0 Å². The van der Waals surface area contributed by atoms with Crippen molar-refractivity contribution >= 4 is 0 Å². The summed E-state index contributed by atoms with van der Waals surface area (Å²) in [4.78, 5) is 8.61. The summed E-state index contributed by atoms with van der Waals surface area (Å²) in [5.74, 6) is 2.20. The number of aryl methyl sites for hydroxylation is 1. The van der Waals surface area contributed by atoms with Gasteiger partial charge in [-0.2, -0.15) is 4.98 Å². The summed E-state index contributed by atoms with van der Waals surface area (Å²) in [6, 6.07) is -0.151. The zero-order chi connectivity index (χ0) is 13.2. The highest BCUT2D eigenvalue weighted by Crippen LogP contribution is 2.32. The van der Waals surface area contributed by atoms with Crippen LogP contribution >= 0.6 is 0 Å². The smallest absolute Gasteiger partial charge is 0.244 e. The number of imidazole rings is 1. The molecular formula is C13H19N5O. The number of rotatable bonds is 3. The molecule has 6 heteroatoms. The minimum Gasteiger partial charge on any atom is -0.337 e. The van der Waals surface area contributed by atoms with E-state index in [9.17, 15) is 0 Å². The molecule has 0 radical (unpaired) electrons. The van der Waals surface area contributed by atoms with Crippen LogP contribution in [0.15, 0.2) is 16.9 Å². The highest BCUT2D eigenvalue weighted by molar-refractivity contribution is 5.42. The summed E-state index contributed by atoms with van der Waals surface area (Å²) in [5.41, 5.74) is 6.25. The Bertz CT molecular complexity index is 541. The van der Waals surface area contributed by atoms with Crippen molar-refractivity contribution in [2.45, 2.75) is 38.1 Å². The van der Waals surface area contributed by atoms with E-state index in [-0.39, 0.29) is 6.04 Å². The van der Waals surface area contributed by atoms with Crippen LogP contribution in [0, 0.1) is 5.92 Å². The summed E-state index contributed by atoms with van der Waals surface area (Å²) in [5, 5.41) is 3.99. The fourth-order valence-corrected chi connectivity index (χ4v) is 2.74. The highest BCUT2D eigenvalue weighted by Gasteiger charge is 2.26. The number of nitrogens with zero attached hydrogens (tertiary/aromatic N) is 4. The second-order valence-electron chi connectivity index (χ2n) is 5.24. The number of hydrogen-bond acceptors (Lipinski definition) is 5. The van der Waals surface area contributed by atoms with E-state index in [1.54, 1.807) is 6.20 Å². The van der Waals surface area contributed by atoms with Crippen molar-refractivity contribution in [3.63, 3.8) is 0 Å². The van der Waals surface area contributed by atoms with E-state index in [1.807, 2.05) is 17.8 Å². The van der Waals surface area contributed by atoms with E-state index in [1.165, 1.54) is 19.3 Å². The molecule has 2 N–H and O–H groups in total. The molecule has 1 fully saturated rings. The molecule has 0 aromatic carbocycles. The Morgan fingerprint density at radius 1 is 1.37 bits per heavy atom. The van der Waals surface area contributed by atoms with Crippen LogP contribution in [0.25, 0.3) is 11.6 Å². The molecule has 0 bridgehead atoms. The molecule has 1 unspecified atom stereocenters. The highest BCUT2D eigenvalue weighted by atomic mass is 16.5. The first-order chi connectivity index (χ1) is 9.25. The average Bonchev–Trinajstić information content (AvgIpc) is 3.07. The minimum atomic E-state index is -0.151. The van der Waals surface area contributed by atoms with E-state index in [2.05, 4.69) is 15.1 Å². The average molecular weight is 261 g/mol. The summed E-state index contributed by atoms with van der Waals surface area (Å²) in [7, 11) is 1.90. The lowest BCUT2D eigenvalue weighted by molar-refractivity contribution is 0.255. The minimum absolute atomic E-state index is 0.151. The zero-order valence-electron chi connectivity index (χ0n) is 11.1. The van der Waals surface area contributed by atoms with Gasteiger partial charge in [0, 0.05) is 19.4 Å². The Balaban J connectivity index is 1.79. The van der Waals surface area contributed by atoms with Crippen molar-refractivity contribution in [3.05, 3.63) is 18.3 Å². The third kappa shape index (κ3) is 2.40. The van der Waals surface area contributed by atoms with E-state index < -0.39 is 0 Å². The lowest BCUT2D eigenvalue weighted by Gasteiger charge is -2.24. The number of nitrogens with two attached hydrogens (primary N) is 1. The fraction of sp³-hybridized carbons (Fsp3) is 0.615. The topological polar surface area (TPSA) is 82.8 Å². The molecule has 1 atom stereocenters. The van der Waals surface area contributed by atoms with Crippen molar-refractivity contribution in [3.8, 4) is 11.6 Å². The van der Waals surface area contributed by atoms with Crippen LogP contribution in [0.4, 0.5) is 0 Å². The van der Waals surface area contributed by atoms with Crippen LogP contribution in [0.3, 0.4) is 0 Å². The molecule has 0 aliphatic heterocycles. The normalized spacial score (nSPS) is 18.6. The van der Waals surface area contributed by atoms with Crippen molar-refractivity contribution in [2.24, 2.45) is 18.7 Å². The maximum atomic E-state index is 6.25. The van der Waals surface area contributed by atoms with Crippen molar-refractivity contribution in [2.75, 3.05) is 0 Å². The van der Waals surface area contributed by atoms with E-state index in [0.29, 0.717) is 23.5 Å². The maximum Gasteiger partial charge on any atom is 0.244 e. The molecule has 2 aromatic heterocycles. The Hall–Kier alpha value is -1.69. The van der Waals surface area contributed by atoms with Crippen molar-refractivity contribution in [1.29, 1.82) is 0 Å². The molecule has 1 aliphatic carbocycles. The first-order valence-corrected chi connectivity index (χ1v) is 6.82. The Kier molecular flexibility index (Phi) is 3.33. The molecule has 1 saturated carbocycles. The monoisotopic (exact) mass is 261 g/mol. The lowest BCUT2D eigenvalue weighted by Crippen LogP contribution is -2.23. The van der Waals surface area contributed by atoms with Gasteiger partial charge in [0.05, 0.1) is 6.04 Å². The van der Waals surface area contributed by atoms with E-state index in [0.717, 1.165) is 12.8 Å². The summed E-state index contributed by atoms with van der Waals surface area (Å²) >= 11 is 0. The first-order valence-electron chi connectivity index (χ1n) is 6.82. The largest absolute Gasteiger partial charge is 0.337 e. The molecule has 0 saturated heterocycles. The molecule has 19 heavy (non-hydrogen) atoms. The lowest BCUT2D eigenvalue weighted by atomic mass is 9.84. The molecule has 0 spiro atoms. The van der Waals surface area contributed by atoms with Crippen molar-refractivity contribution in [1.82, 2.24) is 19.7 Å². The maximum absolute atomic E-state index is 6.25. The Labute approximate surface area is 112 Å². The predicted octanol–water partition coefficient (Wildman–Crippen LogP) is 2.05. The molecule has 6 nitrogen and oxygen atoms in total. The summed E-state index contributed by atoms with van der Waals surface area (Å²) in [6.45, 7) is 0. The zero-order valence-corrected chi connectivity index (χ0v) is 11.1. The summed E-state index contributed by atoms with van der Waals surface area (Å²) < 4.78 is 7.18. The number of hydrogen-bond donors (Lipinski definition) is 1. The summed E-state index contributed by atoms with van der Waals surface area (Å²) in [6.07, 6.45) is 9.68. The molecule has 2 aromatic rings. The van der Waals surface area contributed by atoms with Crippen LogP contribution in [-0.2, 0) is 7.05 Å². The van der Waals surface area contributed by atoms with E-state index in [4.69, 9.17) is 10.3 Å². The van der Waals surface area contributed by atoms with Gasteiger partial charge in [0.1, 0.15) is 0 Å². The van der Waals surface area contributed by atoms with Gasteiger partial charge in [0.2, 0.25) is 11.7 Å². The molecule has 1 aliphatic rings. The van der Waals surface area contributed by atoms with Crippen LogP contribution < -0.4 is 5.73 Å². The van der Waals surface area contributed by atoms with Gasteiger partial charge in [-0.1, -0.05) is 24.4 Å². The molecular weight excluding hydrogens is 242 g/mol. The number of aromatic nitrogens is 4. The molecule has 2 heterocycles. The van der Waals surface area contributed by atoms with E-state index >= 15 is 0 Å². The van der Waals surface area contributed by atoms with Crippen molar-refractivity contribution < 1.29 is 4.52 Å². The van der Waals surface area contributed by atoms with Gasteiger partial charge in [0.25, 0.3) is 0 Å². The van der Waals surface area contributed by atoms with Crippen LogP contribution in [-0.4, -0.2) is 19.7 Å². The third-order valence-corrected chi connectivity index (χ3v) is 3.91. The Morgan fingerprint density at radius 2 is 2.16 bits per heavy atom. The quantitative estimate of drug-likeness (QED) is 0.914. The van der Waals surface area contributed by atoms with Gasteiger partial charge in [0.15, 0.2) is 5.82 Å².